The van der Waals surface area contributed by atoms with Gasteiger partial charge in [0.1, 0.15) is 0 Å². The highest BCUT2D eigenvalue weighted by molar-refractivity contribution is 5.86. The maximum Gasteiger partial charge on any atom is 0.358 e. The van der Waals surface area contributed by atoms with Crippen LogP contribution in [0.25, 0.3) is 0 Å². The van der Waals surface area contributed by atoms with Gasteiger partial charge in [0.05, 0.1) is 25.5 Å². The number of carbonyl (C=O) groups is 1. The van der Waals surface area contributed by atoms with Crippen LogP contribution in [0.2, 0.25) is 0 Å². The fourth-order valence-electron chi connectivity index (χ4n) is 1.93. The van der Waals surface area contributed by atoms with Crippen LogP contribution in [0.5, 0.6) is 0 Å². The van der Waals surface area contributed by atoms with Crippen molar-refractivity contribution in [2.45, 2.75) is 25.8 Å². The summed E-state index contributed by atoms with van der Waals surface area (Å²) in [5.74, 6) is -1.08. The first-order valence-corrected chi connectivity index (χ1v) is 5.87. The van der Waals surface area contributed by atoms with E-state index >= 15 is 0 Å². The summed E-state index contributed by atoms with van der Waals surface area (Å²) in [5.41, 5.74) is 0.399. The molecule has 2 rings (SSSR count). The smallest absolute Gasteiger partial charge is 0.358 e. The minimum atomic E-state index is -1.08. The number of aliphatic hydroxyl groups excluding tert-OH is 1. The Hall–Kier alpha value is -1.47. The van der Waals surface area contributed by atoms with Crippen molar-refractivity contribution >= 4 is 5.97 Å². The highest BCUT2D eigenvalue weighted by Gasteiger charge is 2.43. The largest absolute Gasteiger partial charge is 0.476 e. The highest BCUT2D eigenvalue weighted by Crippen LogP contribution is 2.46. The number of aromatic nitrogens is 3. The van der Waals surface area contributed by atoms with Gasteiger partial charge in [-0.3, -0.25) is 0 Å². The van der Waals surface area contributed by atoms with Crippen LogP contribution in [0.4, 0.5) is 0 Å². The molecule has 0 aliphatic heterocycles. The summed E-state index contributed by atoms with van der Waals surface area (Å²) >= 11 is 0. The molecule has 1 aliphatic carbocycles. The second kappa shape index (κ2) is 5.03. The number of carboxylic acids is 1. The van der Waals surface area contributed by atoms with Crippen LogP contribution in [0.3, 0.4) is 0 Å². The molecule has 1 aliphatic rings. The molecule has 1 saturated carbocycles. The van der Waals surface area contributed by atoms with Crippen LogP contribution in [-0.4, -0.2) is 51.5 Å². The van der Waals surface area contributed by atoms with Crippen molar-refractivity contribution in [2.75, 3.05) is 20.3 Å². The van der Waals surface area contributed by atoms with Gasteiger partial charge in [0, 0.05) is 18.9 Å². The Morgan fingerprint density at radius 3 is 2.78 bits per heavy atom. The molecule has 1 aromatic rings. The molecule has 18 heavy (non-hydrogen) atoms. The summed E-state index contributed by atoms with van der Waals surface area (Å²) in [4.78, 5) is 11.0. The molecule has 0 spiro atoms. The van der Waals surface area contributed by atoms with Gasteiger partial charge in [0.2, 0.25) is 0 Å². The van der Waals surface area contributed by atoms with Gasteiger partial charge < -0.3 is 14.9 Å². The van der Waals surface area contributed by atoms with Crippen molar-refractivity contribution in [1.82, 2.24) is 15.0 Å². The van der Waals surface area contributed by atoms with Gasteiger partial charge in [-0.05, 0) is 12.8 Å². The lowest BCUT2D eigenvalue weighted by Gasteiger charge is -2.13. The quantitative estimate of drug-likeness (QED) is 0.708. The lowest BCUT2D eigenvalue weighted by Crippen LogP contribution is -2.20. The minimum Gasteiger partial charge on any atom is -0.476 e. The van der Waals surface area contributed by atoms with Gasteiger partial charge in [-0.2, -0.15) is 0 Å². The zero-order valence-electron chi connectivity index (χ0n) is 10.3. The molecule has 0 aromatic carbocycles. The number of methoxy groups -OCH3 is 1. The second-order valence-electron chi connectivity index (χ2n) is 4.75. The number of nitrogens with zero attached hydrogens (tertiary/aromatic N) is 3. The Morgan fingerprint density at radius 2 is 2.28 bits per heavy atom. The number of aliphatic hydroxyl groups is 1. The predicted molar refractivity (Wildman–Crippen MR) is 61.3 cm³/mol. The summed E-state index contributed by atoms with van der Waals surface area (Å²) in [5, 5.41) is 25.9. The third kappa shape index (κ3) is 2.51. The van der Waals surface area contributed by atoms with Gasteiger partial charge in [-0.1, -0.05) is 5.21 Å². The molecule has 2 N–H and O–H groups in total. The number of ether oxygens (including phenoxy) is 1. The van der Waals surface area contributed by atoms with Crippen molar-refractivity contribution in [1.29, 1.82) is 0 Å². The first-order chi connectivity index (χ1) is 8.62. The van der Waals surface area contributed by atoms with E-state index in [1.807, 2.05) is 0 Å². The van der Waals surface area contributed by atoms with Crippen molar-refractivity contribution < 1.29 is 19.7 Å². The molecule has 0 unspecified atom stereocenters. The number of carboxylic acid groups (broad SMARTS) is 1. The first kappa shape index (κ1) is 13.0. The van der Waals surface area contributed by atoms with Crippen molar-refractivity contribution in [3.63, 3.8) is 0 Å². The van der Waals surface area contributed by atoms with Crippen molar-refractivity contribution in [3.8, 4) is 0 Å². The van der Waals surface area contributed by atoms with Gasteiger partial charge in [0.25, 0.3) is 0 Å². The predicted octanol–water partition coefficient (Wildman–Crippen LogP) is -0.0623. The fraction of sp³-hybridized carbons (Fsp3) is 0.727. The van der Waals surface area contributed by atoms with E-state index in [9.17, 15) is 9.90 Å². The molecule has 0 bridgehead atoms. The normalized spacial score (nSPS) is 16.8. The SMILES string of the molecule is COCCc1c(C(=O)O)nnn1CC1(CO)CC1. The van der Waals surface area contributed by atoms with E-state index in [0.29, 0.717) is 25.3 Å². The Kier molecular flexibility index (Phi) is 3.63. The maximum atomic E-state index is 11.0. The summed E-state index contributed by atoms with van der Waals surface area (Å²) in [7, 11) is 1.56. The van der Waals surface area contributed by atoms with Crippen molar-refractivity contribution in [2.24, 2.45) is 5.41 Å². The molecule has 7 nitrogen and oxygen atoms in total. The average molecular weight is 255 g/mol. The van der Waals surface area contributed by atoms with Crippen molar-refractivity contribution in [3.05, 3.63) is 11.4 Å². The number of hydrogen-bond acceptors (Lipinski definition) is 5. The van der Waals surface area contributed by atoms with E-state index in [1.165, 1.54) is 0 Å². The standard InChI is InChI=1S/C11H17N3O4/c1-18-5-2-8-9(10(16)17)12-13-14(8)6-11(7-15)3-4-11/h15H,2-7H2,1H3,(H,16,17). The van der Waals surface area contributed by atoms with E-state index in [0.717, 1.165) is 12.8 Å². The Morgan fingerprint density at radius 1 is 1.56 bits per heavy atom. The first-order valence-electron chi connectivity index (χ1n) is 5.87. The molecule has 100 valence electrons. The Labute approximate surface area is 104 Å². The minimum absolute atomic E-state index is 0.0270. The van der Waals surface area contributed by atoms with Crippen LogP contribution in [0.1, 0.15) is 29.0 Å². The van der Waals surface area contributed by atoms with Gasteiger partial charge >= 0.3 is 5.97 Å². The Bertz CT molecular complexity index is 439. The lowest BCUT2D eigenvalue weighted by molar-refractivity contribution is 0.0688. The number of aromatic carboxylic acids is 1. The molecular formula is C11H17N3O4. The van der Waals surface area contributed by atoms with E-state index in [-0.39, 0.29) is 17.7 Å². The van der Waals surface area contributed by atoms with Crippen LogP contribution in [0, 0.1) is 5.41 Å². The zero-order valence-corrected chi connectivity index (χ0v) is 10.3. The van der Waals surface area contributed by atoms with E-state index in [1.54, 1.807) is 11.8 Å². The van der Waals surface area contributed by atoms with Gasteiger partial charge in [0.15, 0.2) is 5.69 Å². The number of hydrogen-bond donors (Lipinski definition) is 2. The molecule has 7 heteroatoms. The third-order valence-corrected chi connectivity index (χ3v) is 3.36. The molecule has 0 amide bonds. The lowest BCUT2D eigenvalue weighted by atomic mass is 10.1. The molecule has 1 aromatic heterocycles. The monoisotopic (exact) mass is 255 g/mol. The fourth-order valence-corrected chi connectivity index (χ4v) is 1.93. The van der Waals surface area contributed by atoms with Gasteiger partial charge in [-0.15, -0.1) is 5.10 Å². The summed E-state index contributed by atoms with van der Waals surface area (Å²) in [6.45, 7) is 1.03. The van der Waals surface area contributed by atoms with E-state index in [2.05, 4.69) is 10.3 Å². The highest BCUT2D eigenvalue weighted by atomic mass is 16.5. The van der Waals surface area contributed by atoms with Crippen LogP contribution in [0.15, 0.2) is 0 Å². The maximum absolute atomic E-state index is 11.0. The molecule has 0 radical (unpaired) electrons. The van der Waals surface area contributed by atoms with Crippen LogP contribution >= 0.6 is 0 Å². The Balaban J connectivity index is 2.20. The molecule has 1 heterocycles. The van der Waals surface area contributed by atoms with E-state index < -0.39 is 5.97 Å². The van der Waals surface area contributed by atoms with Crippen LogP contribution in [-0.2, 0) is 17.7 Å². The summed E-state index contributed by atoms with van der Waals surface area (Å²) in [6, 6.07) is 0. The number of rotatable bonds is 7. The molecule has 0 saturated heterocycles. The van der Waals surface area contributed by atoms with E-state index in [4.69, 9.17) is 9.84 Å². The molecule has 0 atom stereocenters. The molecular weight excluding hydrogens is 238 g/mol. The molecule has 1 fully saturated rings. The summed E-state index contributed by atoms with van der Waals surface area (Å²) < 4.78 is 6.55. The summed E-state index contributed by atoms with van der Waals surface area (Å²) in [6.07, 6.45) is 2.33. The topological polar surface area (TPSA) is 97.5 Å². The average Bonchev–Trinajstić information content (AvgIpc) is 3.01. The second-order valence-corrected chi connectivity index (χ2v) is 4.75. The third-order valence-electron chi connectivity index (χ3n) is 3.36. The van der Waals surface area contributed by atoms with Gasteiger partial charge in [-0.25, -0.2) is 9.48 Å². The zero-order chi connectivity index (χ0) is 13.2. The van der Waals surface area contributed by atoms with Crippen LogP contribution < -0.4 is 0 Å².